The molecule has 31 heavy (non-hydrogen) atoms. The molecular weight excluding hydrogens is 422 g/mol. The third-order valence-corrected chi connectivity index (χ3v) is 6.38. The van der Waals surface area contributed by atoms with E-state index in [1.165, 1.54) is 32.4 Å². The highest BCUT2D eigenvalue weighted by Crippen LogP contribution is 2.26. The zero-order chi connectivity index (χ0) is 22.4. The van der Waals surface area contributed by atoms with Crippen molar-refractivity contribution >= 4 is 27.7 Å². The number of methoxy groups -OCH3 is 2. The Bertz CT molecular complexity index is 1050. The molecule has 1 aliphatic rings. The van der Waals surface area contributed by atoms with Crippen molar-refractivity contribution in [3.63, 3.8) is 0 Å². The Morgan fingerprint density at radius 2 is 1.74 bits per heavy atom. The summed E-state index contributed by atoms with van der Waals surface area (Å²) < 4.78 is 38.0. The summed E-state index contributed by atoms with van der Waals surface area (Å²) in [6, 6.07) is 12.4. The largest absolute Gasteiger partial charge is 0.495 e. The van der Waals surface area contributed by atoms with E-state index in [1.807, 2.05) is 0 Å². The van der Waals surface area contributed by atoms with Crippen molar-refractivity contribution in [3.8, 4) is 5.75 Å². The Hall–Kier alpha value is -3.27. The maximum absolute atomic E-state index is 12.8. The maximum Gasteiger partial charge on any atom is 0.409 e. The lowest BCUT2D eigenvalue weighted by Gasteiger charge is -2.31. The summed E-state index contributed by atoms with van der Waals surface area (Å²) in [6.07, 6.45) is 0.799. The molecule has 0 spiro atoms. The summed E-state index contributed by atoms with van der Waals surface area (Å²) in [6.45, 7) is 0.962. The molecule has 2 N–H and O–H groups in total. The van der Waals surface area contributed by atoms with Gasteiger partial charge in [0, 0.05) is 24.7 Å². The summed E-state index contributed by atoms with van der Waals surface area (Å²) >= 11 is 0. The van der Waals surface area contributed by atoms with Gasteiger partial charge in [0.2, 0.25) is 0 Å². The van der Waals surface area contributed by atoms with Crippen molar-refractivity contribution < 1.29 is 27.5 Å². The molecule has 166 valence electrons. The van der Waals surface area contributed by atoms with Crippen LogP contribution in [-0.2, 0) is 14.8 Å². The Labute approximate surface area is 181 Å². The van der Waals surface area contributed by atoms with Crippen molar-refractivity contribution in [2.75, 3.05) is 32.0 Å². The van der Waals surface area contributed by atoms with Gasteiger partial charge in [-0.05, 0) is 43.2 Å². The van der Waals surface area contributed by atoms with Crippen LogP contribution in [-0.4, -0.2) is 58.7 Å². The third kappa shape index (κ3) is 5.46. The molecule has 0 radical (unpaired) electrons. The van der Waals surface area contributed by atoms with Gasteiger partial charge in [-0.25, -0.2) is 13.2 Å². The molecule has 1 heterocycles. The van der Waals surface area contributed by atoms with Crippen molar-refractivity contribution in [1.82, 2.24) is 10.2 Å². The predicted octanol–water partition coefficient (Wildman–Crippen LogP) is 2.46. The van der Waals surface area contributed by atoms with E-state index in [9.17, 15) is 18.0 Å². The molecule has 9 nitrogen and oxygen atoms in total. The Kier molecular flexibility index (Phi) is 7.01. The molecule has 0 atom stereocenters. The molecular formula is C21H25N3O6S. The number of nitrogens with zero attached hydrogens (tertiary/aromatic N) is 1. The first-order valence-electron chi connectivity index (χ1n) is 9.73. The zero-order valence-electron chi connectivity index (χ0n) is 17.3. The van der Waals surface area contributed by atoms with E-state index in [1.54, 1.807) is 35.2 Å². The number of rotatable bonds is 6. The van der Waals surface area contributed by atoms with Gasteiger partial charge in [0.05, 0.1) is 24.8 Å². The van der Waals surface area contributed by atoms with Crippen molar-refractivity contribution in [1.29, 1.82) is 0 Å². The van der Waals surface area contributed by atoms with E-state index in [-0.39, 0.29) is 28.5 Å². The van der Waals surface area contributed by atoms with Crippen LogP contribution in [0.3, 0.4) is 0 Å². The number of amides is 2. The number of carbonyl (C=O) groups excluding carboxylic acids is 2. The van der Waals surface area contributed by atoms with Crippen LogP contribution in [0.5, 0.6) is 5.75 Å². The fraction of sp³-hybridized carbons (Fsp3) is 0.333. The van der Waals surface area contributed by atoms with Gasteiger partial charge < -0.3 is 19.7 Å². The average molecular weight is 448 g/mol. The topological polar surface area (TPSA) is 114 Å². The Morgan fingerprint density at radius 3 is 2.42 bits per heavy atom. The van der Waals surface area contributed by atoms with E-state index >= 15 is 0 Å². The third-order valence-electron chi connectivity index (χ3n) is 5.02. The van der Waals surface area contributed by atoms with E-state index in [0.29, 0.717) is 37.4 Å². The molecule has 1 aliphatic heterocycles. The number of carbonyl (C=O) groups is 2. The minimum absolute atomic E-state index is 0.0356. The molecule has 1 saturated heterocycles. The minimum Gasteiger partial charge on any atom is -0.495 e. The van der Waals surface area contributed by atoms with Gasteiger partial charge in [0.1, 0.15) is 5.75 Å². The summed E-state index contributed by atoms with van der Waals surface area (Å²) in [7, 11) is -1.14. The lowest BCUT2D eigenvalue weighted by Crippen LogP contribution is -2.46. The molecule has 3 rings (SSSR count). The van der Waals surface area contributed by atoms with Crippen LogP contribution in [0.15, 0.2) is 53.4 Å². The number of ether oxygens (including phenoxy) is 2. The van der Waals surface area contributed by atoms with E-state index in [0.717, 1.165) is 0 Å². The summed E-state index contributed by atoms with van der Waals surface area (Å²) in [4.78, 5) is 25.8. The van der Waals surface area contributed by atoms with Gasteiger partial charge in [-0.15, -0.1) is 0 Å². The molecule has 1 fully saturated rings. The molecule has 0 bridgehead atoms. The van der Waals surface area contributed by atoms with Gasteiger partial charge in [-0.1, -0.05) is 18.2 Å². The summed E-state index contributed by atoms with van der Waals surface area (Å²) in [5.41, 5.74) is 0.538. The first kappa shape index (κ1) is 22.4. The van der Waals surface area contributed by atoms with Crippen LogP contribution < -0.4 is 14.8 Å². The number of anilines is 1. The number of hydrogen-bond donors (Lipinski definition) is 2. The van der Waals surface area contributed by atoms with Crippen LogP contribution in [0.4, 0.5) is 10.5 Å². The van der Waals surface area contributed by atoms with Gasteiger partial charge >= 0.3 is 6.09 Å². The van der Waals surface area contributed by atoms with Crippen LogP contribution in [0.2, 0.25) is 0 Å². The Morgan fingerprint density at radius 1 is 1.03 bits per heavy atom. The first-order chi connectivity index (χ1) is 14.8. The lowest BCUT2D eigenvalue weighted by atomic mass is 10.0. The molecule has 0 aromatic heterocycles. The van der Waals surface area contributed by atoms with Gasteiger partial charge in [-0.3, -0.25) is 9.52 Å². The number of piperidine rings is 1. The highest BCUT2D eigenvalue weighted by molar-refractivity contribution is 7.92. The molecule has 2 amide bonds. The smallest absolute Gasteiger partial charge is 0.409 e. The summed E-state index contributed by atoms with van der Waals surface area (Å²) in [5, 5.41) is 2.91. The van der Waals surface area contributed by atoms with Crippen molar-refractivity contribution in [3.05, 3.63) is 54.1 Å². The van der Waals surface area contributed by atoms with E-state index < -0.39 is 10.0 Å². The second-order valence-corrected chi connectivity index (χ2v) is 8.72. The monoisotopic (exact) mass is 447 g/mol. The highest BCUT2D eigenvalue weighted by atomic mass is 32.2. The number of sulfonamides is 1. The van der Waals surface area contributed by atoms with Crippen LogP contribution in [0.1, 0.15) is 23.2 Å². The second kappa shape index (κ2) is 9.69. The molecule has 10 heteroatoms. The first-order valence-corrected chi connectivity index (χ1v) is 11.2. The fourth-order valence-electron chi connectivity index (χ4n) is 3.34. The standard InChI is InChI=1S/C21H25N3O6S/c1-29-19-9-4-3-8-18(19)23-31(27,28)17-7-5-6-15(14-17)20(25)22-16-10-12-24(13-11-16)21(26)30-2/h3-9,14,16,23H,10-13H2,1-2H3,(H,22,25). The fourth-order valence-corrected chi connectivity index (χ4v) is 4.46. The van der Waals surface area contributed by atoms with Gasteiger partial charge in [-0.2, -0.15) is 0 Å². The zero-order valence-corrected chi connectivity index (χ0v) is 18.1. The number of benzene rings is 2. The molecule has 0 saturated carbocycles. The van der Waals surface area contributed by atoms with E-state index in [2.05, 4.69) is 10.0 Å². The summed E-state index contributed by atoms with van der Waals surface area (Å²) in [5.74, 6) is 0.0177. The normalized spacial score (nSPS) is 14.6. The van der Waals surface area contributed by atoms with Crippen molar-refractivity contribution in [2.45, 2.75) is 23.8 Å². The number of likely N-dealkylation sites (tertiary alicyclic amines) is 1. The SMILES string of the molecule is COC(=O)N1CCC(NC(=O)c2cccc(S(=O)(=O)Nc3ccccc3OC)c2)CC1. The maximum atomic E-state index is 12.8. The van der Waals surface area contributed by atoms with E-state index in [4.69, 9.17) is 9.47 Å². The molecule has 0 aliphatic carbocycles. The van der Waals surface area contributed by atoms with Crippen LogP contribution >= 0.6 is 0 Å². The van der Waals surface area contributed by atoms with Gasteiger partial charge in [0.15, 0.2) is 0 Å². The molecule has 0 unspecified atom stereocenters. The van der Waals surface area contributed by atoms with Gasteiger partial charge in [0.25, 0.3) is 15.9 Å². The molecule has 2 aromatic carbocycles. The lowest BCUT2D eigenvalue weighted by molar-refractivity contribution is 0.0892. The highest BCUT2D eigenvalue weighted by Gasteiger charge is 2.25. The Balaban J connectivity index is 1.68. The van der Waals surface area contributed by atoms with Crippen LogP contribution in [0.25, 0.3) is 0 Å². The second-order valence-electron chi connectivity index (χ2n) is 7.04. The van der Waals surface area contributed by atoms with Crippen molar-refractivity contribution in [2.24, 2.45) is 0 Å². The quantitative estimate of drug-likeness (QED) is 0.703. The number of para-hydroxylation sites is 2. The minimum atomic E-state index is -3.92. The van der Waals surface area contributed by atoms with Crippen LogP contribution in [0, 0.1) is 0 Å². The number of nitrogens with one attached hydrogen (secondary N) is 2. The predicted molar refractivity (Wildman–Crippen MR) is 115 cm³/mol. The number of hydrogen-bond acceptors (Lipinski definition) is 6. The average Bonchev–Trinajstić information content (AvgIpc) is 2.79. The molecule has 2 aromatic rings.